The number of carbonyl (C=O) groups is 1. The van der Waals surface area contributed by atoms with Crippen LogP contribution in [0, 0.1) is 5.92 Å². The first-order valence-electron chi connectivity index (χ1n) is 5.09. The third kappa shape index (κ3) is 1.64. The van der Waals surface area contributed by atoms with E-state index in [1.165, 1.54) is 0 Å². The standard InChI is InChI=1S/C11H13N3O2/c1-7(2)11(14-10(15)16)12-8-5-3-4-6-9(8)13-11/h3-7,14H,1-2H3,(H,15,16). The van der Waals surface area contributed by atoms with E-state index in [2.05, 4.69) is 15.3 Å². The second-order valence-electron chi connectivity index (χ2n) is 4.02. The predicted octanol–water partition coefficient (Wildman–Crippen LogP) is 0.517. The highest BCUT2D eigenvalue weighted by Crippen LogP contribution is 2.20. The Labute approximate surface area is 92.5 Å². The lowest BCUT2D eigenvalue weighted by Crippen LogP contribution is -2.48. The van der Waals surface area contributed by atoms with Crippen molar-refractivity contribution in [1.29, 1.82) is 0 Å². The highest BCUT2D eigenvalue weighted by atomic mass is 16.4. The zero-order chi connectivity index (χ0) is 11.8. The van der Waals surface area contributed by atoms with E-state index in [9.17, 15) is 4.79 Å². The van der Waals surface area contributed by atoms with E-state index in [4.69, 9.17) is 5.11 Å². The van der Waals surface area contributed by atoms with Crippen LogP contribution in [0.1, 0.15) is 13.8 Å². The number of fused-ring (bicyclic) bond motifs is 1. The van der Waals surface area contributed by atoms with Crippen molar-refractivity contribution >= 4 is 6.09 Å². The fraction of sp³-hybridized carbons (Fsp3) is 0.364. The van der Waals surface area contributed by atoms with Crippen LogP contribution in [0.3, 0.4) is 0 Å². The van der Waals surface area contributed by atoms with Gasteiger partial charge in [0.2, 0.25) is 5.79 Å². The Morgan fingerprint density at radius 3 is 2.19 bits per heavy atom. The van der Waals surface area contributed by atoms with Gasteiger partial charge in [0, 0.05) is 5.92 Å². The van der Waals surface area contributed by atoms with E-state index in [-0.39, 0.29) is 5.92 Å². The summed E-state index contributed by atoms with van der Waals surface area (Å²) in [5, 5.41) is 12.7. The number of benzene rings is 1. The molecule has 84 valence electrons. The minimum absolute atomic E-state index is 0.0454. The number of nitrogens with zero attached hydrogens (tertiary/aromatic N) is 2. The molecule has 1 aliphatic heterocycles. The van der Waals surface area contributed by atoms with Gasteiger partial charge in [0.15, 0.2) is 0 Å². The first-order valence-corrected chi connectivity index (χ1v) is 5.09. The van der Waals surface area contributed by atoms with Gasteiger partial charge in [-0.3, -0.25) is 5.32 Å². The Hall–Kier alpha value is -1.91. The lowest BCUT2D eigenvalue weighted by Gasteiger charge is -2.26. The molecule has 0 saturated carbocycles. The Morgan fingerprint density at radius 1 is 1.31 bits per heavy atom. The smallest absolute Gasteiger partial charge is 0.408 e. The first-order chi connectivity index (χ1) is 7.53. The fourth-order valence-corrected chi connectivity index (χ4v) is 1.66. The van der Waals surface area contributed by atoms with E-state index < -0.39 is 11.9 Å². The molecule has 1 aromatic rings. The summed E-state index contributed by atoms with van der Waals surface area (Å²) in [5.41, 5.74) is 0. The van der Waals surface area contributed by atoms with E-state index in [0.29, 0.717) is 0 Å². The van der Waals surface area contributed by atoms with Crippen LogP contribution in [-0.2, 0) is 0 Å². The summed E-state index contributed by atoms with van der Waals surface area (Å²) in [5.74, 6) is -1.12. The molecule has 0 atom stereocenters. The average molecular weight is 219 g/mol. The summed E-state index contributed by atoms with van der Waals surface area (Å²) in [4.78, 5) is 19.5. The van der Waals surface area contributed by atoms with Gasteiger partial charge in [-0.2, -0.15) is 0 Å². The Morgan fingerprint density at radius 2 is 1.81 bits per heavy atom. The molecule has 5 heteroatoms. The molecule has 0 aliphatic carbocycles. The lowest BCUT2D eigenvalue weighted by molar-refractivity contribution is 0.166. The van der Waals surface area contributed by atoms with Gasteiger partial charge in [0.25, 0.3) is 0 Å². The van der Waals surface area contributed by atoms with Gasteiger partial charge in [-0.05, 0) is 12.1 Å². The normalized spacial score (nSPS) is 16.2. The molecule has 0 spiro atoms. The zero-order valence-electron chi connectivity index (χ0n) is 9.14. The second-order valence-corrected chi connectivity index (χ2v) is 4.02. The molecule has 1 aliphatic rings. The maximum absolute atomic E-state index is 10.8. The Balaban J connectivity index is 2.55. The first kappa shape index (κ1) is 10.6. The van der Waals surface area contributed by atoms with Crippen molar-refractivity contribution in [1.82, 2.24) is 5.32 Å². The molecular weight excluding hydrogens is 206 g/mol. The molecule has 0 radical (unpaired) electrons. The maximum atomic E-state index is 10.8. The molecule has 5 nitrogen and oxygen atoms in total. The minimum Gasteiger partial charge on any atom is -0.465 e. The molecule has 2 rings (SSSR count). The van der Waals surface area contributed by atoms with E-state index >= 15 is 0 Å². The number of carboxylic acid groups (broad SMARTS) is 1. The van der Waals surface area contributed by atoms with Gasteiger partial charge in [-0.25, -0.2) is 14.8 Å². The van der Waals surface area contributed by atoms with Crippen LogP contribution in [-0.4, -0.2) is 17.0 Å². The molecule has 1 aromatic carbocycles. The van der Waals surface area contributed by atoms with Crippen LogP contribution < -0.4 is 16.0 Å². The van der Waals surface area contributed by atoms with Crippen molar-refractivity contribution in [3.63, 3.8) is 0 Å². The quantitative estimate of drug-likeness (QED) is 0.760. The zero-order valence-corrected chi connectivity index (χ0v) is 9.14. The Kier molecular flexibility index (Phi) is 2.38. The molecule has 0 unspecified atom stereocenters. The number of hydrogen-bond acceptors (Lipinski definition) is 3. The van der Waals surface area contributed by atoms with Crippen LogP contribution in [0.25, 0.3) is 0 Å². The van der Waals surface area contributed by atoms with Crippen molar-refractivity contribution in [2.75, 3.05) is 0 Å². The van der Waals surface area contributed by atoms with Gasteiger partial charge in [-0.15, -0.1) is 0 Å². The number of para-hydroxylation sites is 2. The van der Waals surface area contributed by atoms with Crippen LogP contribution >= 0.6 is 0 Å². The van der Waals surface area contributed by atoms with Crippen LogP contribution in [0.2, 0.25) is 0 Å². The van der Waals surface area contributed by atoms with E-state index in [1.54, 1.807) is 0 Å². The van der Waals surface area contributed by atoms with Crippen molar-refractivity contribution in [3.05, 3.63) is 35.0 Å². The molecular formula is C11H13N3O2. The number of nitrogens with one attached hydrogen (secondary N) is 1. The molecule has 0 fully saturated rings. The summed E-state index contributed by atoms with van der Waals surface area (Å²) < 4.78 is 0. The average Bonchev–Trinajstić information content (AvgIpc) is 2.55. The van der Waals surface area contributed by atoms with Crippen molar-refractivity contribution in [3.8, 4) is 0 Å². The third-order valence-electron chi connectivity index (χ3n) is 2.56. The van der Waals surface area contributed by atoms with E-state index in [1.807, 2.05) is 38.1 Å². The van der Waals surface area contributed by atoms with Crippen molar-refractivity contribution < 1.29 is 9.90 Å². The van der Waals surface area contributed by atoms with Crippen molar-refractivity contribution in [2.45, 2.75) is 19.6 Å². The second kappa shape index (κ2) is 3.59. The summed E-state index contributed by atoms with van der Waals surface area (Å²) in [6, 6.07) is 7.36. The number of amides is 1. The van der Waals surface area contributed by atoms with Crippen LogP contribution in [0.4, 0.5) is 4.79 Å². The predicted molar refractivity (Wildman–Crippen MR) is 57.5 cm³/mol. The highest BCUT2D eigenvalue weighted by molar-refractivity contribution is 5.65. The SMILES string of the molecule is CC(C)C1(NC(=O)O)N=c2ccccc2=N1. The summed E-state index contributed by atoms with van der Waals surface area (Å²) in [7, 11) is 0. The van der Waals surface area contributed by atoms with Gasteiger partial charge in [0.05, 0.1) is 10.7 Å². The van der Waals surface area contributed by atoms with Gasteiger partial charge >= 0.3 is 6.09 Å². The molecule has 0 saturated heterocycles. The van der Waals surface area contributed by atoms with Crippen molar-refractivity contribution in [2.24, 2.45) is 15.9 Å². The Bertz CT molecular complexity index is 501. The summed E-state index contributed by atoms with van der Waals surface area (Å²) >= 11 is 0. The summed E-state index contributed by atoms with van der Waals surface area (Å²) in [6.07, 6.45) is -1.12. The maximum Gasteiger partial charge on any atom is 0.408 e. The molecule has 0 bridgehead atoms. The van der Waals surface area contributed by atoms with Gasteiger partial charge in [0.1, 0.15) is 0 Å². The number of rotatable bonds is 2. The topological polar surface area (TPSA) is 74.0 Å². The van der Waals surface area contributed by atoms with Gasteiger partial charge in [-0.1, -0.05) is 26.0 Å². The largest absolute Gasteiger partial charge is 0.465 e. The molecule has 16 heavy (non-hydrogen) atoms. The van der Waals surface area contributed by atoms with E-state index in [0.717, 1.165) is 10.7 Å². The highest BCUT2D eigenvalue weighted by Gasteiger charge is 2.36. The minimum atomic E-state index is -1.12. The van der Waals surface area contributed by atoms with Crippen LogP contribution in [0.5, 0.6) is 0 Å². The molecule has 0 aromatic heterocycles. The summed E-state index contributed by atoms with van der Waals surface area (Å²) in [6.45, 7) is 3.77. The molecule has 2 N–H and O–H groups in total. The third-order valence-corrected chi connectivity index (χ3v) is 2.56. The fourth-order valence-electron chi connectivity index (χ4n) is 1.66. The monoisotopic (exact) mass is 219 g/mol. The molecule has 1 heterocycles. The molecule has 1 amide bonds. The lowest BCUT2D eigenvalue weighted by atomic mass is 10.1. The van der Waals surface area contributed by atoms with Gasteiger partial charge < -0.3 is 5.11 Å². The number of hydrogen-bond donors (Lipinski definition) is 2. The van der Waals surface area contributed by atoms with Crippen LogP contribution in [0.15, 0.2) is 34.3 Å².